The summed E-state index contributed by atoms with van der Waals surface area (Å²) >= 11 is 0. The Morgan fingerprint density at radius 1 is 1.60 bits per heavy atom. The van der Waals surface area contributed by atoms with Gasteiger partial charge >= 0.3 is 6.03 Å². The third kappa shape index (κ3) is 3.09. The number of hydrogen-bond acceptors (Lipinski definition) is 2. The van der Waals surface area contributed by atoms with Gasteiger partial charge in [-0.25, -0.2) is 4.79 Å². The number of ether oxygens (including phenoxy) is 1. The molecule has 1 aliphatic rings. The van der Waals surface area contributed by atoms with Crippen molar-refractivity contribution in [2.45, 2.75) is 45.7 Å². The van der Waals surface area contributed by atoms with Crippen molar-refractivity contribution in [2.75, 3.05) is 19.8 Å². The minimum Gasteiger partial charge on any atom is -0.377 e. The van der Waals surface area contributed by atoms with Crippen LogP contribution >= 0.6 is 0 Å². The predicted molar refractivity (Wildman–Crippen MR) is 59.9 cm³/mol. The Morgan fingerprint density at radius 2 is 2.27 bits per heavy atom. The first kappa shape index (κ1) is 12.3. The standard InChI is InChI=1S/C11H22N2O2/c1-5-9(2)12-10(14)13-6-7-15-8-11(13,3)4/h9H,5-8H2,1-4H3,(H,12,14). The molecule has 0 aromatic heterocycles. The molecule has 0 bridgehead atoms. The summed E-state index contributed by atoms with van der Waals surface area (Å²) in [5.74, 6) is 0. The number of carbonyl (C=O) groups excluding carboxylic acids is 1. The molecule has 4 nitrogen and oxygen atoms in total. The molecule has 88 valence electrons. The highest BCUT2D eigenvalue weighted by Crippen LogP contribution is 2.18. The first-order chi connectivity index (χ1) is 6.97. The molecule has 0 spiro atoms. The van der Waals surface area contributed by atoms with Crippen LogP contribution in [-0.2, 0) is 4.74 Å². The van der Waals surface area contributed by atoms with Crippen LogP contribution in [0, 0.1) is 0 Å². The zero-order valence-electron chi connectivity index (χ0n) is 10.2. The number of morpholine rings is 1. The minimum absolute atomic E-state index is 0.0256. The summed E-state index contributed by atoms with van der Waals surface area (Å²) in [6, 6.07) is 0.258. The predicted octanol–water partition coefficient (Wildman–Crippen LogP) is 1.61. The highest BCUT2D eigenvalue weighted by molar-refractivity contribution is 5.75. The van der Waals surface area contributed by atoms with Crippen LogP contribution in [0.3, 0.4) is 0 Å². The van der Waals surface area contributed by atoms with Crippen molar-refractivity contribution in [3.05, 3.63) is 0 Å². The fourth-order valence-corrected chi connectivity index (χ4v) is 1.63. The lowest BCUT2D eigenvalue weighted by atomic mass is 10.0. The molecule has 1 N–H and O–H groups in total. The molecule has 0 aromatic rings. The molecule has 1 atom stereocenters. The quantitative estimate of drug-likeness (QED) is 0.758. The average molecular weight is 214 g/mol. The van der Waals surface area contributed by atoms with Gasteiger partial charge in [0.25, 0.3) is 0 Å². The van der Waals surface area contributed by atoms with E-state index in [4.69, 9.17) is 4.74 Å². The van der Waals surface area contributed by atoms with E-state index in [1.165, 1.54) is 0 Å². The summed E-state index contributed by atoms with van der Waals surface area (Å²) in [5, 5.41) is 2.99. The van der Waals surface area contributed by atoms with Crippen molar-refractivity contribution in [3.8, 4) is 0 Å². The summed E-state index contributed by atoms with van der Waals surface area (Å²) in [5.41, 5.74) is -0.199. The Labute approximate surface area is 92.0 Å². The second-order valence-electron chi connectivity index (χ2n) is 4.78. The van der Waals surface area contributed by atoms with Crippen LogP contribution in [0.15, 0.2) is 0 Å². The van der Waals surface area contributed by atoms with Gasteiger partial charge in [-0.05, 0) is 27.2 Å². The van der Waals surface area contributed by atoms with E-state index in [-0.39, 0.29) is 17.6 Å². The fourth-order valence-electron chi connectivity index (χ4n) is 1.63. The third-order valence-corrected chi connectivity index (χ3v) is 2.87. The van der Waals surface area contributed by atoms with E-state index < -0.39 is 0 Å². The van der Waals surface area contributed by atoms with E-state index in [0.29, 0.717) is 19.8 Å². The van der Waals surface area contributed by atoms with Crippen LogP contribution in [0.1, 0.15) is 34.1 Å². The first-order valence-electron chi connectivity index (χ1n) is 5.63. The van der Waals surface area contributed by atoms with Gasteiger partial charge < -0.3 is 15.0 Å². The van der Waals surface area contributed by atoms with Gasteiger partial charge in [-0.2, -0.15) is 0 Å². The molecule has 1 unspecified atom stereocenters. The van der Waals surface area contributed by atoms with Crippen LogP contribution < -0.4 is 5.32 Å². The molecule has 0 aliphatic carbocycles. The van der Waals surface area contributed by atoms with E-state index in [1.54, 1.807) is 0 Å². The lowest BCUT2D eigenvalue weighted by Crippen LogP contribution is -2.59. The summed E-state index contributed by atoms with van der Waals surface area (Å²) in [6.45, 7) is 10.1. The molecule has 1 aliphatic heterocycles. The molecule has 0 aromatic carbocycles. The maximum Gasteiger partial charge on any atom is 0.318 e. The van der Waals surface area contributed by atoms with Gasteiger partial charge in [0.05, 0.1) is 18.8 Å². The zero-order chi connectivity index (χ0) is 11.5. The molecule has 2 amide bonds. The fraction of sp³-hybridized carbons (Fsp3) is 0.909. The zero-order valence-corrected chi connectivity index (χ0v) is 10.2. The Morgan fingerprint density at radius 3 is 2.80 bits per heavy atom. The van der Waals surface area contributed by atoms with E-state index in [2.05, 4.69) is 12.2 Å². The van der Waals surface area contributed by atoms with Crippen molar-refractivity contribution >= 4 is 6.03 Å². The van der Waals surface area contributed by atoms with Gasteiger partial charge in [0.15, 0.2) is 0 Å². The lowest BCUT2D eigenvalue weighted by Gasteiger charge is -2.42. The van der Waals surface area contributed by atoms with Crippen LogP contribution in [0.4, 0.5) is 4.79 Å². The van der Waals surface area contributed by atoms with E-state index in [0.717, 1.165) is 6.42 Å². The molecule has 1 heterocycles. The largest absolute Gasteiger partial charge is 0.377 e. The van der Waals surface area contributed by atoms with Gasteiger partial charge in [0.1, 0.15) is 0 Å². The normalized spacial score (nSPS) is 22.3. The Hall–Kier alpha value is -0.770. The number of amides is 2. The molecule has 1 fully saturated rings. The molecular weight excluding hydrogens is 192 g/mol. The van der Waals surface area contributed by atoms with Crippen molar-refractivity contribution in [2.24, 2.45) is 0 Å². The molecule has 1 saturated heterocycles. The molecule has 15 heavy (non-hydrogen) atoms. The number of nitrogens with zero attached hydrogens (tertiary/aromatic N) is 1. The summed E-state index contributed by atoms with van der Waals surface area (Å²) in [6.07, 6.45) is 0.955. The topological polar surface area (TPSA) is 41.6 Å². The second-order valence-corrected chi connectivity index (χ2v) is 4.78. The SMILES string of the molecule is CCC(C)NC(=O)N1CCOCC1(C)C. The monoisotopic (exact) mass is 214 g/mol. The maximum atomic E-state index is 11.9. The van der Waals surface area contributed by atoms with E-state index >= 15 is 0 Å². The highest BCUT2D eigenvalue weighted by Gasteiger charge is 2.34. The van der Waals surface area contributed by atoms with Gasteiger partial charge in [-0.15, -0.1) is 0 Å². The number of hydrogen-bond donors (Lipinski definition) is 1. The molecule has 0 radical (unpaired) electrons. The summed E-state index contributed by atoms with van der Waals surface area (Å²) in [4.78, 5) is 13.8. The van der Waals surface area contributed by atoms with E-state index in [1.807, 2.05) is 25.7 Å². The molecule has 4 heteroatoms. The number of urea groups is 1. The molecule has 1 rings (SSSR count). The van der Waals surface area contributed by atoms with Gasteiger partial charge in [-0.1, -0.05) is 6.92 Å². The van der Waals surface area contributed by atoms with Crippen LogP contribution in [-0.4, -0.2) is 42.3 Å². The Bertz CT molecular complexity index is 229. The number of rotatable bonds is 2. The number of nitrogens with one attached hydrogen (secondary N) is 1. The van der Waals surface area contributed by atoms with Crippen LogP contribution in [0.25, 0.3) is 0 Å². The van der Waals surface area contributed by atoms with Crippen molar-refractivity contribution in [3.63, 3.8) is 0 Å². The third-order valence-electron chi connectivity index (χ3n) is 2.87. The number of carbonyl (C=O) groups is 1. The summed E-state index contributed by atoms with van der Waals surface area (Å²) < 4.78 is 5.37. The van der Waals surface area contributed by atoms with E-state index in [9.17, 15) is 4.79 Å². The smallest absolute Gasteiger partial charge is 0.318 e. The maximum absolute atomic E-state index is 11.9. The van der Waals surface area contributed by atoms with Crippen molar-refractivity contribution in [1.82, 2.24) is 10.2 Å². The van der Waals surface area contributed by atoms with Crippen molar-refractivity contribution in [1.29, 1.82) is 0 Å². The van der Waals surface area contributed by atoms with Crippen LogP contribution in [0.5, 0.6) is 0 Å². The minimum atomic E-state index is -0.199. The highest BCUT2D eigenvalue weighted by atomic mass is 16.5. The second kappa shape index (κ2) is 4.84. The van der Waals surface area contributed by atoms with Crippen molar-refractivity contribution < 1.29 is 9.53 Å². The first-order valence-corrected chi connectivity index (χ1v) is 5.63. The van der Waals surface area contributed by atoms with Gasteiger partial charge in [-0.3, -0.25) is 0 Å². The summed E-state index contributed by atoms with van der Waals surface area (Å²) in [7, 11) is 0. The van der Waals surface area contributed by atoms with Gasteiger partial charge in [0.2, 0.25) is 0 Å². The van der Waals surface area contributed by atoms with Gasteiger partial charge in [0, 0.05) is 12.6 Å². The Balaban J connectivity index is 2.57. The van der Waals surface area contributed by atoms with Crippen LogP contribution in [0.2, 0.25) is 0 Å². The Kier molecular flexibility index (Phi) is 3.97. The average Bonchev–Trinajstić information content (AvgIpc) is 2.16. The lowest BCUT2D eigenvalue weighted by molar-refractivity contribution is -0.0282. The molecule has 0 saturated carbocycles. The molecular formula is C11H22N2O2.